The minimum Gasteiger partial charge on any atom is -0.304 e. The van der Waals surface area contributed by atoms with Crippen molar-refractivity contribution >= 4 is 11.3 Å². The van der Waals surface area contributed by atoms with Gasteiger partial charge in [-0.3, -0.25) is 4.98 Å². The molecule has 2 rings (SSSR count). The van der Waals surface area contributed by atoms with Crippen LogP contribution in [0.4, 0.5) is 0 Å². The summed E-state index contributed by atoms with van der Waals surface area (Å²) in [6.07, 6.45) is 1.91. The first-order valence-electron chi connectivity index (χ1n) is 6.15. The molecule has 0 aliphatic heterocycles. The minimum absolute atomic E-state index is 0.319. The largest absolute Gasteiger partial charge is 0.304 e. The van der Waals surface area contributed by atoms with E-state index < -0.39 is 0 Å². The van der Waals surface area contributed by atoms with Crippen molar-refractivity contribution in [2.45, 2.75) is 40.3 Å². The Kier molecular flexibility index (Phi) is 4.09. The van der Waals surface area contributed by atoms with Crippen molar-refractivity contribution in [3.63, 3.8) is 0 Å². The zero-order chi connectivity index (χ0) is 13.1. The number of aryl methyl sites for hydroxylation is 3. The molecule has 0 fully saturated rings. The van der Waals surface area contributed by atoms with Crippen LogP contribution in [-0.2, 0) is 6.54 Å². The van der Waals surface area contributed by atoms with Crippen molar-refractivity contribution in [2.75, 3.05) is 0 Å². The molecule has 4 heteroatoms. The molecule has 0 aromatic carbocycles. The second kappa shape index (κ2) is 5.59. The topological polar surface area (TPSA) is 37.8 Å². The Morgan fingerprint density at radius 3 is 2.61 bits per heavy atom. The fourth-order valence-electron chi connectivity index (χ4n) is 1.90. The van der Waals surface area contributed by atoms with Crippen LogP contribution in [0.15, 0.2) is 18.3 Å². The highest BCUT2D eigenvalue weighted by atomic mass is 32.1. The summed E-state index contributed by atoms with van der Waals surface area (Å²) in [5, 5.41) is 4.63. The van der Waals surface area contributed by atoms with Gasteiger partial charge in [0.2, 0.25) is 0 Å². The van der Waals surface area contributed by atoms with Crippen LogP contribution in [-0.4, -0.2) is 9.97 Å². The monoisotopic (exact) mass is 261 g/mol. The van der Waals surface area contributed by atoms with Gasteiger partial charge in [0, 0.05) is 23.7 Å². The molecule has 0 aliphatic rings. The summed E-state index contributed by atoms with van der Waals surface area (Å²) in [4.78, 5) is 10.2. The lowest BCUT2D eigenvalue weighted by Crippen LogP contribution is -2.18. The molecule has 2 aromatic heterocycles. The molecule has 1 N–H and O–H groups in total. The summed E-state index contributed by atoms with van der Waals surface area (Å²) in [5.74, 6) is 0. The maximum Gasteiger partial charge on any atom is 0.0900 e. The van der Waals surface area contributed by atoms with E-state index in [1.165, 1.54) is 10.4 Å². The van der Waals surface area contributed by atoms with Gasteiger partial charge in [0.15, 0.2) is 0 Å². The van der Waals surface area contributed by atoms with Crippen LogP contribution >= 0.6 is 11.3 Å². The first-order valence-corrected chi connectivity index (χ1v) is 6.96. The molecule has 0 saturated heterocycles. The zero-order valence-corrected chi connectivity index (χ0v) is 12.1. The third-order valence-electron chi connectivity index (χ3n) is 2.89. The Morgan fingerprint density at radius 2 is 2.06 bits per heavy atom. The number of aromatic nitrogens is 2. The van der Waals surface area contributed by atoms with E-state index in [0.29, 0.717) is 6.04 Å². The van der Waals surface area contributed by atoms with Crippen LogP contribution in [0, 0.1) is 20.8 Å². The average molecular weight is 261 g/mol. The van der Waals surface area contributed by atoms with Gasteiger partial charge in [-0.1, -0.05) is 6.07 Å². The Balaban J connectivity index is 1.98. The molecular formula is C14H19N3S. The number of thiazole rings is 1. The van der Waals surface area contributed by atoms with Gasteiger partial charge >= 0.3 is 0 Å². The first-order chi connectivity index (χ1) is 8.56. The predicted octanol–water partition coefficient (Wildman–Crippen LogP) is 3.31. The fraction of sp³-hybridized carbons (Fsp3) is 0.429. The average Bonchev–Trinajstić information content (AvgIpc) is 2.67. The van der Waals surface area contributed by atoms with Gasteiger partial charge < -0.3 is 5.32 Å². The molecule has 0 bridgehead atoms. The second-order valence-electron chi connectivity index (χ2n) is 4.61. The van der Waals surface area contributed by atoms with E-state index in [1.807, 2.05) is 6.20 Å². The molecule has 1 unspecified atom stereocenters. The van der Waals surface area contributed by atoms with E-state index in [4.69, 9.17) is 0 Å². The molecule has 0 spiro atoms. The molecule has 2 aromatic rings. The van der Waals surface area contributed by atoms with E-state index in [0.717, 1.165) is 22.9 Å². The molecule has 0 saturated carbocycles. The first kappa shape index (κ1) is 13.2. The van der Waals surface area contributed by atoms with Gasteiger partial charge in [0.25, 0.3) is 0 Å². The van der Waals surface area contributed by atoms with E-state index in [-0.39, 0.29) is 0 Å². The molecule has 1 atom stereocenters. The summed E-state index contributed by atoms with van der Waals surface area (Å²) in [6.45, 7) is 9.14. The summed E-state index contributed by atoms with van der Waals surface area (Å²) < 4.78 is 0. The number of hydrogen-bond donors (Lipinski definition) is 1. The Morgan fingerprint density at radius 1 is 1.28 bits per heavy atom. The van der Waals surface area contributed by atoms with Crippen molar-refractivity contribution in [1.82, 2.24) is 15.3 Å². The molecule has 96 valence electrons. The highest BCUT2D eigenvalue weighted by molar-refractivity contribution is 7.11. The summed E-state index contributed by atoms with van der Waals surface area (Å²) in [6, 6.07) is 4.48. The van der Waals surface area contributed by atoms with Crippen molar-refractivity contribution in [3.8, 4) is 0 Å². The normalized spacial score (nSPS) is 12.7. The summed E-state index contributed by atoms with van der Waals surface area (Å²) in [5.41, 5.74) is 3.40. The predicted molar refractivity (Wildman–Crippen MR) is 75.8 cm³/mol. The summed E-state index contributed by atoms with van der Waals surface area (Å²) >= 11 is 1.77. The van der Waals surface area contributed by atoms with Crippen LogP contribution < -0.4 is 5.32 Å². The Hall–Kier alpha value is -1.26. The molecule has 0 radical (unpaired) electrons. The Labute approximate surface area is 112 Å². The molecule has 0 amide bonds. The molecule has 18 heavy (non-hydrogen) atoms. The zero-order valence-electron chi connectivity index (χ0n) is 11.3. The van der Waals surface area contributed by atoms with E-state index in [2.05, 4.69) is 55.1 Å². The number of hydrogen-bond acceptors (Lipinski definition) is 4. The quantitative estimate of drug-likeness (QED) is 0.917. The van der Waals surface area contributed by atoms with Crippen LogP contribution in [0.3, 0.4) is 0 Å². The highest BCUT2D eigenvalue weighted by Crippen LogP contribution is 2.24. The van der Waals surface area contributed by atoms with Crippen molar-refractivity contribution in [3.05, 3.63) is 45.2 Å². The van der Waals surface area contributed by atoms with Crippen LogP contribution in [0.5, 0.6) is 0 Å². The van der Waals surface area contributed by atoms with Gasteiger partial charge in [0.05, 0.1) is 16.4 Å². The van der Waals surface area contributed by atoms with E-state index in [9.17, 15) is 0 Å². The molecule has 3 nitrogen and oxygen atoms in total. The van der Waals surface area contributed by atoms with Crippen LogP contribution in [0.1, 0.15) is 39.8 Å². The maximum absolute atomic E-state index is 4.46. The van der Waals surface area contributed by atoms with Crippen molar-refractivity contribution in [1.29, 1.82) is 0 Å². The van der Waals surface area contributed by atoms with Crippen molar-refractivity contribution in [2.24, 2.45) is 0 Å². The van der Waals surface area contributed by atoms with Gasteiger partial charge in [-0.05, 0) is 39.3 Å². The van der Waals surface area contributed by atoms with Crippen LogP contribution in [0.2, 0.25) is 0 Å². The lowest BCUT2D eigenvalue weighted by molar-refractivity contribution is 0.572. The standard InChI is InChI=1S/C14H19N3S/c1-9-5-6-13(16-7-9)8-15-10(2)14-11(3)17-12(4)18-14/h5-7,10,15H,8H2,1-4H3. The minimum atomic E-state index is 0.319. The lowest BCUT2D eigenvalue weighted by Gasteiger charge is -2.12. The molecule has 2 heterocycles. The third-order valence-corrected chi connectivity index (χ3v) is 4.15. The van der Waals surface area contributed by atoms with Gasteiger partial charge in [0.1, 0.15) is 0 Å². The number of rotatable bonds is 4. The summed E-state index contributed by atoms with van der Waals surface area (Å²) in [7, 11) is 0. The highest BCUT2D eigenvalue weighted by Gasteiger charge is 2.12. The number of nitrogens with one attached hydrogen (secondary N) is 1. The van der Waals surface area contributed by atoms with Gasteiger partial charge in [-0.15, -0.1) is 11.3 Å². The molecular weight excluding hydrogens is 242 g/mol. The maximum atomic E-state index is 4.46. The van der Waals surface area contributed by atoms with Crippen molar-refractivity contribution < 1.29 is 0 Å². The van der Waals surface area contributed by atoms with E-state index >= 15 is 0 Å². The van der Waals surface area contributed by atoms with Gasteiger partial charge in [-0.25, -0.2) is 4.98 Å². The van der Waals surface area contributed by atoms with Gasteiger partial charge in [-0.2, -0.15) is 0 Å². The molecule has 0 aliphatic carbocycles. The lowest BCUT2D eigenvalue weighted by atomic mass is 10.2. The third kappa shape index (κ3) is 3.15. The smallest absolute Gasteiger partial charge is 0.0900 e. The van der Waals surface area contributed by atoms with E-state index in [1.54, 1.807) is 11.3 Å². The fourth-order valence-corrected chi connectivity index (χ4v) is 2.86. The number of nitrogens with zero attached hydrogens (tertiary/aromatic N) is 2. The second-order valence-corrected chi connectivity index (χ2v) is 5.85. The van der Waals surface area contributed by atoms with Crippen LogP contribution in [0.25, 0.3) is 0 Å². The SMILES string of the molecule is Cc1ccc(CNC(C)c2sc(C)nc2C)nc1. The number of pyridine rings is 1. The Bertz CT molecular complexity index is 516.